The molecular weight excluding hydrogens is 486 g/mol. The summed E-state index contributed by atoms with van der Waals surface area (Å²) in [5, 5.41) is 0.591. The van der Waals surface area contributed by atoms with E-state index in [9.17, 15) is 13.2 Å². The molecule has 35 heavy (non-hydrogen) atoms. The summed E-state index contributed by atoms with van der Waals surface area (Å²) < 4.78 is 40.1. The zero-order chi connectivity index (χ0) is 24.4. The second-order valence-electron chi connectivity index (χ2n) is 8.90. The van der Waals surface area contributed by atoms with Gasteiger partial charge in [0.25, 0.3) is 0 Å². The molecule has 0 aliphatic carbocycles. The predicted molar refractivity (Wildman–Crippen MR) is 135 cm³/mol. The number of aromatic nitrogens is 1. The van der Waals surface area contributed by atoms with Gasteiger partial charge in [-0.1, -0.05) is 35.6 Å². The van der Waals surface area contributed by atoms with Crippen LogP contribution in [0.1, 0.15) is 25.7 Å². The lowest BCUT2D eigenvalue weighted by molar-refractivity contribution is -0.123. The SMILES string of the molecule is COc1cccc2sc(N(CC3CCCO3)C(=O)C3CCCN(S(=O)(=O)c4ccccc4)C3)nc12. The summed E-state index contributed by atoms with van der Waals surface area (Å²) in [6.45, 7) is 1.66. The van der Waals surface area contributed by atoms with E-state index >= 15 is 0 Å². The molecule has 10 heteroatoms. The zero-order valence-electron chi connectivity index (χ0n) is 19.6. The van der Waals surface area contributed by atoms with Gasteiger partial charge in [-0.25, -0.2) is 13.4 Å². The van der Waals surface area contributed by atoms with E-state index in [1.54, 1.807) is 42.3 Å². The molecule has 0 radical (unpaired) electrons. The smallest absolute Gasteiger partial charge is 0.243 e. The first kappa shape index (κ1) is 24.2. The highest BCUT2D eigenvalue weighted by molar-refractivity contribution is 7.89. The standard InChI is InChI=1S/C25H29N3O5S2/c1-32-21-12-5-13-22-23(21)26-25(34-22)28(17-19-9-7-15-33-19)24(29)18-8-6-14-27(16-18)35(30,31)20-10-3-2-4-11-20/h2-5,10-13,18-19H,6-9,14-17H2,1H3. The number of benzene rings is 2. The molecule has 2 aliphatic heterocycles. The first-order valence-corrected chi connectivity index (χ1v) is 14.1. The summed E-state index contributed by atoms with van der Waals surface area (Å²) in [6, 6.07) is 14.1. The maximum absolute atomic E-state index is 13.9. The van der Waals surface area contributed by atoms with Crippen LogP contribution in [0.5, 0.6) is 5.75 Å². The lowest BCUT2D eigenvalue weighted by Crippen LogP contribution is -2.48. The third kappa shape index (κ3) is 4.93. The summed E-state index contributed by atoms with van der Waals surface area (Å²) in [5.74, 6) is 0.108. The maximum atomic E-state index is 13.9. The van der Waals surface area contributed by atoms with Crippen LogP contribution in [0, 0.1) is 5.92 Å². The highest BCUT2D eigenvalue weighted by Gasteiger charge is 2.37. The number of amides is 1. The highest BCUT2D eigenvalue weighted by Crippen LogP contribution is 2.36. The molecule has 0 N–H and O–H groups in total. The number of para-hydroxylation sites is 1. The van der Waals surface area contributed by atoms with Crippen molar-refractivity contribution in [3.63, 3.8) is 0 Å². The lowest BCUT2D eigenvalue weighted by atomic mass is 9.98. The Labute approximate surface area is 209 Å². The molecule has 2 saturated heterocycles. The van der Waals surface area contributed by atoms with Gasteiger partial charge in [0, 0.05) is 19.7 Å². The molecule has 3 aromatic rings. The van der Waals surface area contributed by atoms with Crippen LogP contribution in [-0.2, 0) is 19.6 Å². The van der Waals surface area contributed by atoms with E-state index < -0.39 is 15.9 Å². The molecule has 1 amide bonds. The van der Waals surface area contributed by atoms with Crippen LogP contribution >= 0.6 is 11.3 Å². The third-order valence-corrected chi connectivity index (χ3v) is 9.54. The zero-order valence-corrected chi connectivity index (χ0v) is 21.3. The number of methoxy groups -OCH3 is 1. The second kappa shape index (κ2) is 10.2. The number of sulfonamides is 1. The van der Waals surface area contributed by atoms with Crippen molar-refractivity contribution in [2.24, 2.45) is 5.92 Å². The van der Waals surface area contributed by atoms with E-state index in [1.165, 1.54) is 15.6 Å². The summed E-state index contributed by atoms with van der Waals surface area (Å²) in [6.07, 6.45) is 3.06. The minimum Gasteiger partial charge on any atom is -0.494 e. The van der Waals surface area contributed by atoms with E-state index in [0.717, 1.165) is 23.1 Å². The summed E-state index contributed by atoms with van der Waals surface area (Å²) >= 11 is 1.44. The van der Waals surface area contributed by atoms with Crippen LogP contribution in [0.15, 0.2) is 53.4 Å². The number of carbonyl (C=O) groups excluding carboxylic acids is 1. The number of piperidine rings is 1. The minimum absolute atomic E-state index is 0.0550. The Balaban J connectivity index is 1.43. The van der Waals surface area contributed by atoms with E-state index in [-0.39, 0.29) is 23.5 Å². The van der Waals surface area contributed by atoms with Crippen LogP contribution in [0.3, 0.4) is 0 Å². The van der Waals surface area contributed by atoms with Crippen LogP contribution < -0.4 is 9.64 Å². The van der Waals surface area contributed by atoms with Gasteiger partial charge in [-0.05, 0) is 49.9 Å². The third-order valence-electron chi connectivity index (χ3n) is 6.61. The van der Waals surface area contributed by atoms with Crippen molar-refractivity contribution >= 4 is 42.6 Å². The molecule has 5 rings (SSSR count). The Kier molecular flexibility index (Phi) is 7.06. The van der Waals surface area contributed by atoms with E-state index in [4.69, 9.17) is 14.5 Å². The molecule has 3 heterocycles. The lowest BCUT2D eigenvalue weighted by Gasteiger charge is -2.34. The molecule has 2 aromatic carbocycles. The van der Waals surface area contributed by atoms with Crippen molar-refractivity contribution in [3.8, 4) is 5.75 Å². The largest absolute Gasteiger partial charge is 0.494 e. The quantitative estimate of drug-likeness (QED) is 0.474. The van der Waals surface area contributed by atoms with Gasteiger partial charge in [0.2, 0.25) is 15.9 Å². The first-order chi connectivity index (χ1) is 17.0. The van der Waals surface area contributed by atoms with Gasteiger partial charge >= 0.3 is 0 Å². The van der Waals surface area contributed by atoms with Gasteiger partial charge in [0.15, 0.2) is 5.13 Å². The van der Waals surface area contributed by atoms with E-state index in [0.29, 0.717) is 43.4 Å². The van der Waals surface area contributed by atoms with Crippen LogP contribution in [0.25, 0.3) is 10.2 Å². The Morgan fingerprint density at radius 1 is 1.17 bits per heavy atom. The Morgan fingerprint density at radius 3 is 2.74 bits per heavy atom. The number of ether oxygens (including phenoxy) is 2. The number of nitrogens with zero attached hydrogens (tertiary/aromatic N) is 3. The van der Waals surface area contributed by atoms with E-state index in [1.807, 2.05) is 18.2 Å². The monoisotopic (exact) mass is 515 g/mol. The average Bonchev–Trinajstić information content (AvgIpc) is 3.57. The number of anilines is 1. The number of hydrogen-bond donors (Lipinski definition) is 0. The number of rotatable bonds is 7. The molecule has 0 saturated carbocycles. The van der Waals surface area contributed by atoms with Crippen LogP contribution in [0.2, 0.25) is 0 Å². The van der Waals surface area contributed by atoms with Crippen molar-refractivity contribution in [3.05, 3.63) is 48.5 Å². The molecule has 2 atom stereocenters. The molecule has 8 nitrogen and oxygen atoms in total. The minimum atomic E-state index is -3.66. The van der Waals surface area contributed by atoms with Crippen LogP contribution in [0.4, 0.5) is 5.13 Å². The normalized spacial score (nSPS) is 21.3. The topological polar surface area (TPSA) is 89.0 Å². The molecule has 186 valence electrons. The molecule has 2 fully saturated rings. The molecule has 2 aliphatic rings. The molecule has 0 bridgehead atoms. The van der Waals surface area contributed by atoms with Crippen molar-refractivity contribution < 1.29 is 22.7 Å². The summed E-state index contributed by atoms with van der Waals surface area (Å²) in [5.41, 5.74) is 0.720. The Hall–Kier alpha value is -2.53. The second-order valence-corrected chi connectivity index (χ2v) is 11.8. The highest BCUT2D eigenvalue weighted by atomic mass is 32.2. The van der Waals surface area contributed by atoms with Gasteiger partial charge in [-0.2, -0.15) is 4.31 Å². The molecule has 0 spiro atoms. The molecular formula is C25H29N3O5S2. The number of hydrogen-bond acceptors (Lipinski definition) is 7. The predicted octanol–water partition coefficient (Wildman–Crippen LogP) is 3.92. The van der Waals surface area contributed by atoms with Gasteiger partial charge in [-0.3, -0.25) is 9.69 Å². The number of fused-ring (bicyclic) bond motifs is 1. The Morgan fingerprint density at radius 2 is 2.00 bits per heavy atom. The molecule has 2 unspecified atom stereocenters. The maximum Gasteiger partial charge on any atom is 0.243 e. The van der Waals surface area contributed by atoms with Gasteiger partial charge in [-0.15, -0.1) is 0 Å². The van der Waals surface area contributed by atoms with Crippen molar-refractivity contribution in [1.29, 1.82) is 0 Å². The van der Waals surface area contributed by atoms with Gasteiger partial charge < -0.3 is 9.47 Å². The summed E-state index contributed by atoms with van der Waals surface area (Å²) in [4.78, 5) is 20.6. The number of carbonyl (C=O) groups is 1. The fraction of sp³-hybridized carbons (Fsp3) is 0.440. The van der Waals surface area contributed by atoms with Crippen LogP contribution in [-0.4, -0.2) is 63.1 Å². The Bertz CT molecular complexity index is 1290. The average molecular weight is 516 g/mol. The first-order valence-electron chi connectivity index (χ1n) is 11.9. The number of thiazole rings is 1. The van der Waals surface area contributed by atoms with Crippen molar-refractivity contribution in [1.82, 2.24) is 9.29 Å². The molecule has 1 aromatic heterocycles. The van der Waals surface area contributed by atoms with E-state index in [2.05, 4.69) is 0 Å². The van der Waals surface area contributed by atoms with Gasteiger partial charge in [0.05, 0.1) is 35.3 Å². The van der Waals surface area contributed by atoms with Gasteiger partial charge in [0.1, 0.15) is 11.3 Å². The van der Waals surface area contributed by atoms with Crippen molar-refractivity contribution in [2.75, 3.05) is 38.3 Å². The fourth-order valence-corrected chi connectivity index (χ4v) is 7.31. The summed E-state index contributed by atoms with van der Waals surface area (Å²) in [7, 11) is -2.06. The van der Waals surface area contributed by atoms with Crippen molar-refractivity contribution in [2.45, 2.75) is 36.7 Å². The fourth-order valence-electron chi connectivity index (χ4n) is 4.77.